The van der Waals surface area contributed by atoms with Crippen molar-refractivity contribution in [2.24, 2.45) is 0 Å². The summed E-state index contributed by atoms with van der Waals surface area (Å²) in [6.45, 7) is 1.27. The van der Waals surface area contributed by atoms with Crippen LogP contribution < -0.4 is 10.2 Å². The van der Waals surface area contributed by atoms with Crippen LogP contribution in [0.4, 0.5) is 11.4 Å². The molecule has 2 amide bonds. The van der Waals surface area contributed by atoms with Crippen LogP contribution in [0.2, 0.25) is 0 Å². The minimum Gasteiger partial charge on any atom is -0.454 e. The van der Waals surface area contributed by atoms with Crippen LogP contribution in [-0.2, 0) is 9.53 Å². The van der Waals surface area contributed by atoms with E-state index < -0.39 is 18.4 Å². The fourth-order valence-corrected chi connectivity index (χ4v) is 3.08. The second-order valence-electron chi connectivity index (χ2n) is 7.22. The number of nitrogens with one attached hydrogen (secondary N) is 1. The van der Waals surface area contributed by atoms with Gasteiger partial charge in [0.2, 0.25) is 5.91 Å². The number of Topliss-reactive ketones (excluding diaryl/α,β-unsaturated/α-hetero) is 1. The zero-order valence-corrected chi connectivity index (χ0v) is 18.4. The number of ether oxygens (including phenoxy) is 1. The number of hydrogen-bond acceptors (Lipinski definition) is 5. The summed E-state index contributed by atoms with van der Waals surface area (Å²) in [5, 5.41) is 2.70. The van der Waals surface area contributed by atoms with E-state index in [1.807, 2.05) is 18.2 Å². The van der Waals surface area contributed by atoms with Crippen LogP contribution >= 0.6 is 0 Å². The first-order valence-electron chi connectivity index (χ1n) is 10.4. The molecule has 0 saturated heterocycles. The largest absolute Gasteiger partial charge is 0.454 e. The number of carbonyl (C=O) groups is 4. The van der Waals surface area contributed by atoms with Crippen LogP contribution in [0.5, 0.6) is 0 Å². The van der Waals surface area contributed by atoms with Crippen molar-refractivity contribution in [3.63, 3.8) is 0 Å². The first kappa shape index (κ1) is 23.4. The lowest BCUT2D eigenvalue weighted by Crippen LogP contribution is -2.28. The van der Waals surface area contributed by atoms with Crippen LogP contribution in [0, 0.1) is 0 Å². The highest BCUT2D eigenvalue weighted by molar-refractivity contribution is 6.12. The van der Waals surface area contributed by atoms with Crippen LogP contribution in [0.15, 0.2) is 78.9 Å². The lowest BCUT2D eigenvalue weighted by atomic mass is 10.1. The monoisotopic (exact) mass is 444 g/mol. The maximum absolute atomic E-state index is 13.0. The second-order valence-corrected chi connectivity index (χ2v) is 7.22. The molecule has 3 aromatic carbocycles. The molecule has 0 aromatic heterocycles. The van der Waals surface area contributed by atoms with Crippen molar-refractivity contribution < 1.29 is 23.9 Å². The summed E-state index contributed by atoms with van der Waals surface area (Å²) >= 11 is 0. The Bertz CT molecular complexity index is 1160. The third-order valence-electron chi connectivity index (χ3n) is 4.97. The van der Waals surface area contributed by atoms with Gasteiger partial charge in [0.05, 0.1) is 11.1 Å². The van der Waals surface area contributed by atoms with Crippen molar-refractivity contribution in [3.8, 4) is 0 Å². The molecule has 33 heavy (non-hydrogen) atoms. The number of ketones is 1. The topological polar surface area (TPSA) is 92.8 Å². The standard InChI is InChI=1S/C26H24N2O5/c1-3-24(30)27-19-15-13-18(14-16-19)23(29)17-33-26(32)22-12-8-7-11-21(22)25(31)28(2)20-9-5-4-6-10-20/h4-16H,3,17H2,1-2H3,(H,27,30). The normalized spacial score (nSPS) is 10.2. The summed E-state index contributed by atoms with van der Waals surface area (Å²) in [4.78, 5) is 51.0. The van der Waals surface area contributed by atoms with E-state index in [0.29, 0.717) is 23.4 Å². The zero-order valence-electron chi connectivity index (χ0n) is 18.4. The highest BCUT2D eigenvalue weighted by atomic mass is 16.5. The molecule has 0 bridgehead atoms. The zero-order chi connectivity index (χ0) is 23.8. The molecule has 0 aliphatic heterocycles. The van der Waals surface area contributed by atoms with Gasteiger partial charge >= 0.3 is 5.97 Å². The van der Waals surface area contributed by atoms with Gasteiger partial charge in [0.25, 0.3) is 5.91 Å². The van der Waals surface area contributed by atoms with Crippen LogP contribution in [0.25, 0.3) is 0 Å². The van der Waals surface area contributed by atoms with Gasteiger partial charge < -0.3 is 15.0 Å². The lowest BCUT2D eigenvalue weighted by Gasteiger charge is -2.18. The Morgan fingerprint density at radius 3 is 2.06 bits per heavy atom. The number of hydrogen-bond donors (Lipinski definition) is 1. The predicted molar refractivity (Wildman–Crippen MR) is 126 cm³/mol. The van der Waals surface area contributed by atoms with Gasteiger partial charge in [-0.2, -0.15) is 0 Å². The summed E-state index contributed by atoms with van der Waals surface area (Å²) in [5.74, 6) is -1.67. The van der Waals surface area contributed by atoms with Crippen molar-refractivity contribution in [2.45, 2.75) is 13.3 Å². The van der Waals surface area contributed by atoms with Crippen molar-refractivity contribution in [2.75, 3.05) is 23.9 Å². The molecule has 3 aromatic rings. The number of benzene rings is 3. The number of para-hydroxylation sites is 1. The number of nitrogens with zero attached hydrogens (tertiary/aromatic N) is 1. The average molecular weight is 444 g/mol. The van der Waals surface area contributed by atoms with Crippen molar-refractivity contribution >= 4 is 34.9 Å². The molecule has 0 radical (unpaired) electrons. The Labute approximate surface area is 192 Å². The lowest BCUT2D eigenvalue weighted by molar-refractivity contribution is -0.115. The molecule has 7 heteroatoms. The fourth-order valence-electron chi connectivity index (χ4n) is 3.08. The van der Waals surface area contributed by atoms with Gasteiger partial charge in [0.15, 0.2) is 12.4 Å². The summed E-state index contributed by atoms with van der Waals surface area (Å²) < 4.78 is 5.20. The van der Waals surface area contributed by atoms with Gasteiger partial charge in [-0.3, -0.25) is 14.4 Å². The molecule has 168 valence electrons. The van der Waals surface area contributed by atoms with Gasteiger partial charge in [-0.05, 0) is 48.5 Å². The molecule has 0 fully saturated rings. The molecule has 3 rings (SSSR count). The van der Waals surface area contributed by atoms with Crippen LogP contribution in [0.3, 0.4) is 0 Å². The molecule has 7 nitrogen and oxygen atoms in total. The molecule has 0 saturated carbocycles. The first-order valence-corrected chi connectivity index (χ1v) is 10.4. The maximum atomic E-state index is 13.0. The molecule has 0 aliphatic rings. The second kappa shape index (κ2) is 10.9. The number of amides is 2. The van der Waals surface area contributed by atoms with Crippen molar-refractivity contribution in [3.05, 3.63) is 95.6 Å². The molecule has 0 unspecified atom stereocenters. The highest BCUT2D eigenvalue weighted by Gasteiger charge is 2.22. The minimum absolute atomic E-state index is 0.0794. The van der Waals surface area contributed by atoms with E-state index in [9.17, 15) is 19.2 Å². The Morgan fingerprint density at radius 1 is 0.818 bits per heavy atom. The Balaban J connectivity index is 1.67. The predicted octanol–water partition coefficient (Wildman–Crippen LogP) is 4.35. The number of anilines is 2. The van der Waals surface area contributed by atoms with E-state index in [1.165, 1.54) is 11.0 Å². The molecule has 0 atom stereocenters. The Kier molecular flexibility index (Phi) is 7.70. The molecule has 0 spiro atoms. The molecule has 0 heterocycles. The van der Waals surface area contributed by atoms with Gasteiger partial charge in [0.1, 0.15) is 0 Å². The highest BCUT2D eigenvalue weighted by Crippen LogP contribution is 2.18. The first-order chi connectivity index (χ1) is 15.9. The maximum Gasteiger partial charge on any atom is 0.339 e. The van der Waals surface area contributed by atoms with E-state index in [0.717, 1.165) is 0 Å². The molecule has 1 N–H and O–H groups in total. The average Bonchev–Trinajstić information content (AvgIpc) is 2.87. The van der Waals surface area contributed by atoms with Crippen molar-refractivity contribution in [1.82, 2.24) is 0 Å². The van der Waals surface area contributed by atoms with E-state index in [4.69, 9.17) is 4.74 Å². The van der Waals surface area contributed by atoms with E-state index in [2.05, 4.69) is 5.32 Å². The van der Waals surface area contributed by atoms with E-state index in [-0.39, 0.29) is 22.9 Å². The Hall–Kier alpha value is -4.26. The summed E-state index contributed by atoms with van der Waals surface area (Å²) in [6, 6.07) is 21.7. The van der Waals surface area contributed by atoms with Gasteiger partial charge in [0, 0.05) is 30.4 Å². The van der Waals surface area contributed by atoms with Gasteiger partial charge in [-0.25, -0.2) is 4.79 Å². The Morgan fingerprint density at radius 2 is 1.42 bits per heavy atom. The van der Waals surface area contributed by atoms with E-state index in [1.54, 1.807) is 68.6 Å². The third kappa shape index (κ3) is 5.92. The number of carbonyl (C=O) groups excluding carboxylic acids is 4. The third-order valence-corrected chi connectivity index (χ3v) is 4.97. The SMILES string of the molecule is CCC(=O)Nc1ccc(C(=O)COC(=O)c2ccccc2C(=O)N(C)c2ccccc2)cc1. The van der Waals surface area contributed by atoms with Gasteiger partial charge in [-0.15, -0.1) is 0 Å². The number of esters is 1. The van der Waals surface area contributed by atoms with Crippen LogP contribution in [0.1, 0.15) is 44.4 Å². The number of rotatable bonds is 8. The summed E-state index contributed by atoms with van der Waals surface area (Å²) in [6.07, 6.45) is 0.349. The molecule has 0 aliphatic carbocycles. The molecular weight excluding hydrogens is 420 g/mol. The summed E-state index contributed by atoms with van der Waals surface area (Å²) in [5.41, 5.74) is 1.85. The quantitative estimate of drug-likeness (QED) is 0.412. The van der Waals surface area contributed by atoms with Gasteiger partial charge in [-0.1, -0.05) is 37.3 Å². The van der Waals surface area contributed by atoms with E-state index >= 15 is 0 Å². The smallest absolute Gasteiger partial charge is 0.339 e. The summed E-state index contributed by atoms with van der Waals surface area (Å²) in [7, 11) is 1.62. The molecular formula is C26H24N2O5. The minimum atomic E-state index is -0.763. The fraction of sp³-hybridized carbons (Fsp3) is 0.154. The van der Waals surface area contributed by atoms with Crippen LogP contribution in [-0.4, -0.2) is 37.2 Å². The van der Waals surface area contributed by atoms with Crippen molar-refractivity contribution in [1.29, 1.82) is 0 Å².